The summed E-state index contributed by atoms with van der Waals surface area (Å²) >= 11 is 1.49. The third-order valence-corrected chi connectivity index (χ3v) is 5.14. The molecule has 4 nitrogen and oxygen atoms in total. The first kappa shape index (κ1) is 15.0. The largest absolute Gasteiger partial charge is 0.497 e. The molecule has 1 aliphatic rings. The molecule has 0 unspecified atom stereocenters. The normalized spacial score (nSPS) is 16.9. The van der Waals surface area contributed by atoms with Crippen LogP contribution in [0.15, 0.2) is 29.8 Å². The van der Waals surface area contributed by atoms with E-state index in [4.69, 9.17) is 4.74 Å². The van der Waals surface area contributed by atoms with Gasteiger partial charge in [0.05, 0.1) is 7.11 Å². The van der Waals surface area contributed by atoms with Crippen molar-refractivity contribution in [2.75, 3.05) is 19.1 Å². The molecule has 5 heteroatoms. The summed E-state index contributed by atoms with van der Waals surface area (Å²) in [5, 5.41) is 2.65. The number of hydrogen-bond donors (Lipinski definition) is 0. The molecule has 0 bridgehead atoms. The minimum Gasteiger partial charge on any atom is -0.497 e. The molecule has 22 heavy (non-hydrogen) atoms. The van der Waals surface area contributed by atoms with Gasteiger partial charge in [-0.25, -0.2) is 4.98 Å². The number of carbonyl (C=O) groups excluding carboxylic acids is 1. The molecule has 0 fully saturated rings. The Morgan fingerprint density at radius 3 is 3.09 bits per heavy atom. The van der Waals surface area contributed by atoms with Gasteiger partial charge >= 0.3 is 0 Å². The molecule has 0 saturated carbocycles. The zero-order valence-corrected chi connectivity index (χ0v) is 13.7. The van der Waals surface area contributed by atoms with Gasteiger partial charge in [-0.05, 0) is 48.4 Å². The van der Waals surface area contributed by atoms with Gasteiger partial charge in [-0.15, -0.1) is 11.3 Å². The number of fused-ring (bicyclic) bond motifs is 1. The van der Waals surface area contributed by atoms with Gasteiger partial charge in [-0.1, -0.05) is 6.07 Å². The van der Waals surface area contributed by atoms with Crippen LogP contribution in [0.3, 0.4) is 0 Å². The number of amides is 1. The van der Waals surface area contributed by atoms with E-state index >= 15 is 0 Å². The Bertz CT molecular complexity index is 655. The summed E-state index contributed by atoms with van der Waals surface area (Å²) in [5.74, 6) is 1.32. The fourth-order valence-electron chi connectivity index (χ4n) is 3.07. The van der Waals surface area contributed by atoms with Crippen molar-refractivity contribution in [3.8, 4) is 5.75 Å². The number of carbonyl (C=O) groups is 1. The first-order valence-electron chi connectivity index (χ1n) is 7.52. The van der Waals surface area contributed by atoms with Crippen LogP contribution >= 0.6 is 11.3 Å². The molecule has 116 valence electrons. The highest BCUT2D eigenvalue weighted by molar-refractivity contribution is 7.13. The standard InChI is InChI=1S/C17H20N2O2S/c1-19(17-18-8-9-22-17)16(20)11-13-5-3-4-12-10-14(21-2)6-7-15(12)13/h6-10,13H,3-5,11H2,1-2H3/t13-/m0/s1. The summed E-state index contributed by atoms with van der Waals surface area (Å²) in [7, 11) is 3.49. The molecule has 0 N–H and O–H groups in total. The maximum Gasteiger partial charge on any atom is 0.229 e. The first-order valence-corrected chi connectivity index (χ1v) is 8.40. The van der Waals surface area contributed by atoms with Gasteiger partial charge in [-0.2, -0.15) is 0 Å². The van der Waals surface area contributed by atoms with E-state index in [9.17, 15) is 4.79 Å². The van der Waals surface area contributed by atoms with E-state index in [2.05, 4.69) is 17.1 Å². The second-order valence-corrected chi connectivity index (χ2v) is 6.50. The average Bonchev–Trinajstić information content (AvgIpc) is 3.08. The maximum atomic E-state index is 12.5. The lowest BCUT2D eigenvalue weighted by Crippen LogP contribution is -2.28. The van der Waals surface area contributed by atoms with Crippen LogP contribution in [-0.4, -0.2) is 25.0 Å². The molecule has 1 amide bonds. The fraction of sp³-hybridized carbons (Fsp3) is 0.412. The van der Waals surface area contributed by atoms with Crippen molar-refractivity contribution < 1.29 is 9.53 Å². The number of anilines is 1. The molecule has 0 spiro atoms. The topological polar surface area (TPSA) is 42.4 Å². The highest BCUT2D eigenvalue weighted by atomic mass is 32.1. The van der Waals surface area contributed by atoms with Crippen molar-refractivity contribution in [1.82, 2.24) is 4.98 Å². The smallest absolute Gasteiger partial charge is 0.229 e. The summed E-state index contributed by atoms with van der Waals surface area (Å²) in [6.45, 7) is 0. The van der Waals surface area contributed by atoms with Gasteiger partial charge in [-0.3, -0.25) is 9.69 Å². The quantitative estimate of drug-likeness (QED) is 0.865. The number of aryl methyl sites for hydroxylation is 1. The molecule has 1 aromatic heterocycles. The Morgan fingerprint density at radius 2 is 2.36 bits per heavy atom. The van der Waals surface area contributed by atoms with Crippen molar-refractivity contribution in [3.05, 3.63) is 40.9 Å². The van der Waals surface area contributed by atoms with Crippen LogP contribution in [-0.2, 0) is 11.2 Å². The summed E-state index contributed by atoms with van der Waals surface area (Å²) < 4.78 is 5.30. The number of hydrogen-bond acceptors (Lipinski definition) is 4. The highest BCUT2D eigenvalue weighted by Crippen LogP contribution is 2.36. The van der Waals surface area contributed by atoms with E-state index in [1.807, 2.05) is 11.4 Å². The lowest BCUT2D eigenvalue weighted by Gasteiger charge is -2.26. The molecular weight excluding hydrogens is 296 g/mol. The molecule has 2 aromatic rings. The van der Waals surface area contributed by atoms with Crippen molar-refractivity contribution in [1.29, 1.82) is 0 Å². The molecule has 0 saturated heterocycles. The highest BCUT2D eigenvalue weighted by Gasteiger charge is 2.25. The number of ether oxygens (including phenoxy) is 1. The van der Waals surface area contributed by atoms with Crippen LogP contribution in [0, 0.1) is 0 Å². The minimum atomic E-state index is 0.128. The molecule has 0 aliphatic heterocycles. The van der Waals surface area contributed by atoms with Crippen LogP contribution in [0.4, 0.5) is 5.13 Å². The lowest BCUT2D eigenvalue weighted by molar-refractivity contribution is -0.118. The van der Waals surface area contributed by atoms with E-state index < -0.39 is 0 Å². The SMILES string of the molecule is COc1ccc2c(c1)CCC[C@H]2CC(=O)N(C)c1nccs1. The molecular formula is C17H20N2O2S. The summed E-state index contributed by atoms with van der Waals surface area (Å²) in [6, 6.07) is 6.22. The monoisotopic (exact) mass is 316 g/mol. The van der Waals surface area contributed by atoms with E-state index in [1.54, 1.807) is 25.3 Å². The zero-order valence-electron chi connectivity index (χ0n) is 12.9. The maximum absolute atomic E-state index is 12.5. The van der Waals surface area contributed by atoms with Crippen LogP contribution in [0.1, 0.15) is 36.3 Å². The van der Waals surface area contributed by atoms with E-state index in [1.165, 1.54) is 22.5 Å². The van der Waals surface area contributed by atoms with Gasteiger partial charge in [0.25, 0.3) is 0 Å². The molecule has 1 atom stereocenters. The van der Waals surface area contributed by atoms with Gasteiger partial charge in [0.15, 0.2) is 5.13 Å². The van der Waals surface area contributed by atoms with E-state index in [0.29, 0.717) is 12.3 Å². The average molecular weight is 316 g/mol. The van der Waals surface area contributed by atoms with Gasteiger partial charge < -0.3 is 4.74 Å². The molecule has 3 rings (SSSR count). The zero-order chi connectivity index (χ0) is 15.5. The molecule has 0 radical (unpaired) electrons. The van der Waals surface area contributed by atoms with Crippen molar-refractivity contribution in [3.63, 3.8) is 0 Å². The van der Waals surface area contributed by atoms with E-state index in [-0.39, 0.29) is 5.91 Å². The molecule has 1 heterocycles. The fourth-order valence-corrected chi connectivity index (χ4v) is 3.69. The number of methoxy groups -OCH3 is 1. The number of nitrogens with zero attached hydrogens (tertiary/aromatic N) is 2. The molecule has 1 aliphatic carbocycles. The number of aromatic nitrogens is 1. The van der Waals surface area contributed by atoms with Crippen LogP contribution in [0.5, 0.6) is 5.75 Å². The minimum absolute atomic E-state index is 0.128. The van der Waals surface area contributed by atoms with Gasteiger partial charge in [0.2, 0.25) is 5.91 Å². The predicted octanol–water partition coefficient (Wildman–Crippen LogP) is 3.62. The third kappa shape index (κ3) is 2.99. The number of rotatable bonds is 4. The molecule has 1 aromatic carbocycles. The Kier molecular flexibility index (Phi) is 4.43. The van der Waals surface area contributed by atoms with Crippen LogP contribution in [0.25, 0.3) is 0 Å². The second kappa shape index (κ2) is 6.48. The Hall–Kier alpha value is -1.88. The van der Waals surface area contributed by atoms with Gasteiger partial charge in [0, 0.05) is 25.0 Å². The number of thiazole rings is 1. The van der Waals surface area contributed by atoms with Crippen molar-refractivity contribution >= 4 is 22.4 Å². The summed E-state index contributed by atoms with van der Waals surface area (Å²) in [4.78, 5) is 18.4. The van der Waals surface area contributed by atoms with Crippen LogP contribution < -0.4 is 9.64 Å². The predicted molar refractivity (Wildman–Crippen MR) is 88.8 cm³/mol. The van der Waals surface area contributed by atoms with Crippen molar-refractivity contribution in [2.45, 2.75) is 31.6 Å². The third-order valence-electron chi connectivity index (χ3n) is 4.29. The Balaban J connectivity index is 1.75. The van der Waals surface area contributed by atoms with Crippen molar-refractivity contribution in [2.24, 2.45) is 0 Å². The van der Waals surface area contributed by atoms with Crippen LogP contribution in [0.2, 0.25) is 0 Å². The summed E-state index contributed by atoms with van der Waals surface area (Å²) in [5.41, 5.74) is 2.62. The lowest BCUT2D eigenvalue weighted by atomic mass is 9.81. The van der Waals surface area contributed by atoms with Gasteiger partial charge in [0.1, 0.15) is 5.75 Å². The Morgan fingerprint density at radius 1 is 1.50 bits per heavy atom. The second-order valence-electron chi connectivity index (χ2n) is 5.63. The first-order chi connectivity index (χ1) is 10.7. The Labute approximate surface area is 134 Å². The van der Waals surface area contributed by atoms with E-state index in [0.717, 1.165) is 30.1 Å². The number of benzene rings is 1. The summed E-state index contributed by atoms with van der Waals surface area (Å²) in [6.07, 6.45) is 5.52.